The number of rotatable bonds is 5. The van der Waals surface area contributed by atoms with E-state index in [0.717, 1.165) is 12.1 Å². The zero-order valence-electron chi connectivity index (χ0n) is 12.4. The summed E-state index contributed by atoms with van der Waals surface area (Å²) < 4.78 is 10.6. The maximum absolute atomic E-state index is 6.23. The van der Waals surface area contributed by atoms with E-state index >= 15 is 0 Å². The molecule has 1 aromatic carbocycles. The van der Waals surface area contributed by atoms with Crippen LogP contribution in [0.1, 0.15) is 44.1 Å². The Morgan fingerprint density at radius 3 is 2.40 bits per heavy atom. The minimum Gasteiger partial charge on any atom is -0.493 e. The lowest BCUT2D eigenvalue weighted by Crippen LogP contribution is -2.27. The topological polar surface area (TPSA) is 30.5 Å². The van der Waals surface area contributed by atoms with Crippen molar-refractivity contribution < 1.29 is 9.47 Å². The summed E-state index contributed by atoms with van der Waals surface area (Å²) in [5.74, 6) is 1.30. The molecule has 0 heterocycles. The van der Waals surface area contributed by atoms with Crippen molar-refractivity contribution in [1.29, 1.82) is 0 Å². The lowest BCUT2D eigenvalue weighted by molar-refractivity contribution is 0.354. The Morgan fingerprint density at radius 2 is 1.80 bits per heavy atom. The SMILES string of the molecule is COc1cc(CNC2CCCCCC2)cc(Cl)c1OC. The third kappa shape index (κ3) is 4.03. The van der Waals surface area contributed by atoms with Gasteiger partial charge in [-0.15, -0.1) is 0 Å². The van der Waals surface area contributed by atoms with Crippen molar-refractivity contribution in [3.8, 4) is 11.5 Å². The van der Waals surface area contributed by atoms with E-state index in [1.54, 1.807) is 14.2 Å². The van der Waals surface area contributed by atoms with Gasteiger partial charge in [-0.25, -0.2) is 0 Å². The van der Waals surface area contributed by atoms with Gasteiger partial charge in [0.15, 0.2) is 11.5 Å². The highest BCUT2D eigenvalue weighted by atomic mass is 35.5. The van der Waals surface area contributed by atoms with E-state index in [1.807, 2.05) is 12.1 Å². The molecule has 0 saturated heterocycles. The molecule has 0 atom stereocenters. The molecule has 0 radical (unpaired) electrons. The third-order valence-electron chi connectivity index (χ3n) is 3.94. The quantitative estimate of drug-likeness (QED) is 0.828. The van der Waals surface area contributed by atoms with Crippen molar-refractivity contribution in [3.05, 3.63) is 22.7 Å². The molecule has 2 rings (SSSR count). The fourth-order valence-electron chi connectivity index (χ4n) is 2.82. The van der Waals surface area contributed by atoms with Gasteiger partial charge in [-0.1, -0.05) is 37.3 Å². The Morgan fingerprint density at radius 1 is 1.10 bits per heavy atom. The lowest BCUT2D eigenvalue weighted by Gasteiger charge is -2.17. The molecule has 1 aliphatic carbocycles. The van der Waals surface area contributed by atoms with Crippen molar-refractivity contribution in [1.82, 2.24) is 5.32 Å². The number of hydrogen-bond donors (Lipinski definition) is 1. The Labute approximate surface area is 126 Å². The van der Waals surface area contributed by atoms with Crippen molar-refractivity contribution >= 4 is 11.6 Å². The van der Waals surface area contributed by atoms with Gasteiger partial charge >= 0.3 is 0 Å². The van der Waals surface area contributed by atoms with Gasteiger partial charge < -0.3 is 14.8 Å². The van der Waals surface area contributed by atoms with Gasteiger partial charge in [0.2, 0.25) is 0 Å². The summed E-state index contributed by atoms with van der Waals surface area (Å²) in [6, 6.07) is 4.57. The van der Waals surface area contributed by atoms with E-state index in [1.165, 1.54) is 38.5 Å². The van der Waals surface area contributed by atoms with Gasteiger partial charge in [-0.05, 0) is 30.5 Å². The monoisotopic (exact) mass is 297 g/mol. The first-order valence-corrected chi connectivity index (χ1v) is 7.76. The second kappa shape index (κ2) is 7.75. The van der Waals surface area contributed by atoms with Crippen LogP contribution in [0.15, 0.2) is 12.1 Å². The molecule has 0 bridgehead atoms. The van der Waals surface area contributed by atoms with Crippen LogP contribution in [0.2, 0.25) is 5.02 Å². The highest BCUT2D eigenvalue weighted by Gasteiger charge is 2.14. The summed E-state index contributed by atoms with van der Waals surface area (Å²) in [6.07, 6.45) is 7.98. The van der Waals surface area contributed by atoms with Crippen LogP contribution in [-0.4, -0.2) is 20.3 Å². The average Bonchev–Trinajstić information content (AvgIpc) is 2.73. The van der Waals surface area contributed by atoms with E-state index in [2.05, 4.69) is 5.32 Å². The summed E-state index contributed by atoms with van der Waals surface area (Å²) in [6.45, 7) is 0.824. The standard InChI is InChI=1S/C16H24ClNO2/c1-19-15-10-12(9-14(17)16(15)20-2)11-18-13-7-5-3-4-6-8-13/h9-10,13,18H,3-8,11H2,1-2H3. The molecule has 4 heteroatoms. The summed E-state index contributed by atoms with van der Waals surface area (Å²) in [7, 11) is 3.24. The molecule has 1 aromatic rings. The zero-order valence-corrected chi connectivity index (χ0v) is 13.1. The number of halogens is 1. The molecule has 20 heavy (non-hydrogen) atoms. The fourth-order valence-corrected chi connectivity index (χ4v) is 3.13. The first kappa shape index (κ1) is 15.5. The van der Waals surface area contributed by atoms with Crippen molar-refractivity contribution in [3.63, 3.8) is 0 Å². The van der Waals surface area contributed by atoms with Crippen LogP contribution >= 0.6 is 11.6 Å². The smallest absolute Gasteiger partial charge is 0.179 e. The van der Waals surface area contributed by atoms with Gasteiger partial charge in [0.25, 0.3) is 0 Å². The Kier molecular flexibility index (Phi) is 5.99. The van der Waals surface area contributed by atoms with Crippen LogP contribution in [0, 0.1) is 0 Å². The molecule has 0 aliphatic heterocycles. The van der Waals surface area contributed by atoms with Gasteiger partial charge in [0, 0.05) is 12.6 Å². The molecule has 1 aliphatic rings. The predicted octanol–water partition coefficient (Wildman–Crippen LogP) is 4.17. The number of methoxy groups -OCH3 is 2. The molecule has 0 amide bonds. The first-order chi connectivity index (χ1) is 9.74. The van der Waals surface area contributed by atoms with Crippen LogP contribution in [-0.2, 0) is 6.54 Å². The van der Waals surface area contributed by atoms with Crippen LogP contribution in [0.4, 0.5) is 0 Å². The van der Waals surface area contributed by atoms with Crippen LogP contribution in [0.5, 0.6) is 11.5 Å². The predicted molar refractivity (Wildman–Crippen MR) is 82.9 cm³/mol. The molecule has 0 aromatic heterocycles. The third-order valence-corrected chi connectivity index (χ3v) is 4.22. The second-order valence-electron chi connectivity index (χ2n) is 5.38. The summed E-state index contributed by atoms with van der Waals surface area (Å²) in [5, 5.41) is 4.24. The Hall–Kier alpha value is -0.930. The van der Waals surface area contributed by atoms with Crippen LogP contribution in [0.25, 0.3) is 0 Å². The number of nitrogens with one attached hydrogen (secondary N) is 1. The van der Waals surface area contributed by atoms with E-state index in [9.17, 15) is 0 Å². The Balaban J connectivity index is 2.00. The molecule has 3 nitrogen and oxygen atoms in total. The van der Waals surface area contributed by atoms with E-state index < -0.39 is 0 Å². The summed E-state index contributed by atoms with van der Waals surface area (Å²) in [5.41, 5.74) is 1.14. The molecule has 1 saturated carbocycles. The van der Waals surface area contributed by atoms with Crippen molar-refractivity contribution in [2.75, 3.05) is 14.2 Å². The van der Waals surface area contributed by atoms with Crippen molar-refractivity contribution in [2.24, 2.45) is 0 Å². The molecule has 112 valence electrons. The molecule has 0 spiro atoms. The largest absolute Gasteiger partial charge is 0.493 e. The highest BCUT2D eigenvalue weighted by Crippen LogP contribution is 2.36. The molecular weight excluding hydrogens is 274 g/mol. The molecule has 1 N–H and O–H groups in total. The maximum Gasteiger partial charge on any atom is 0.179 e. The summed E-state index contributed by atoms with van der Waals surface area (Å²) in [4.78, 5) is 0. The van der Waals surface area contributed by atoms with Crippen LogP contribution < -0.4 is 14.8 Å². The van der Waals surface area contributed by atoms with Gasteiger partial charge in [-0.2, -0.15) is 0 Å². The average molecular weight is 298 g/mol. The molecule has 0 unspecified atom stereocenters. The first-order valence-electron chi connectivity index (χ1n) is 7.38. The molecular formula is C16H24ClNO2. The number of benzene rings is 1. The lowest BCUT2D eigenvalue weighted by atomic mass is 10.1. The van der Waals surface area contributed by atoms with E-state index in [4.69, 9.17) is 21.1 Å². The van der Waals surface area contributed by atoms with E-state index in [0.29, 0.717) is 22.6 Å². The minimum absolute atomic E-state index is 0.601. The van der Waals surface area contributed by atoms with Crippen LogP contribution in [0.3, 0.4) is 0 Å². The number of ether oxygens (including phenoxy) is 2. The fraction of sp³-hybridized carbons (Fsp3) is 0.625. The molecule has 1 fully saturated rings. The summed E-state index contributed by atoms with van der Waals surface area (Å²) >= 11 is 6.23. The maximum atomic E-state index is 6.23. The van der Waals surface area contributed by atoms with E-state index in [-0.39, 0.29) is 0 Å². The van der Waals surface area contributed by atoms with Gasteiger partial charge in [-0.3, -0.25) is 0 Å². The normalized spacial score (nSPS) is 16.8. The number of hydrogen-bond acceptors (Lipinski definition) is 3. The zero-order chi connectivity index (χ0) is 14.4. The van der Waals surface area contributed by atoms with Crippen molar-refractivity contribution in [2.45, 2.75) is 51.1 Å². The highest BCUT2D eigenvalue weighted by molar-refractivity contribution is 6.32. The minimum atomic E-state index is 0.601. The van der Waals surface area contributed by atoms with Gasteiger partial charge in [0.05, 0.1) is 19.2 Å². The Bertz CT molecular complexity index is 429. The van der Waals surface area contributed by atoms with Gasteiger partial charge in [0.1, 0.15) is 0 Å². The second-order valence-corrected chi connectivity index (χ2v) is 5.79.